The van der Waals surface area contributed by atoms with E-state index in [4.69, 9.17) is 10.5 Å². The van der Waals surface area contributed by atoms with Gasteiger partial charge in [0.2, 0.25) is 0 Å². The first-order chi connectivity index (χ1) is 9.29. The number of ether oxygens (including phenoxy) is 1. The molecule has 0 aromatic heterocycles. The largest absolute Gasteiger partial charge is 0.494 e. The van der Waals surface area contributed by atoms with Gasteiger partial charge in [-0.05, 0) is 51.4 Å². The first-order valence-electron chi connectivity index (χ1n) is 7.43. The van der Waals surface area contributed by atoms with Crippen molar-refractivity contribution >= 4 is 0 Å². The van der Waals surface area contributed by atoms with Gasteiger partial charge in [-0.25, -0.2) is 0 Å². The number of hydrogen-bond acceptors (Lipinski definition) is 3. The topological polar surface area (TPSA) is 38.5 Å². The lowest BCUT2D eigenvalue weighted by Gasteiger charge is -2.33. The van der Waals surface area contributed by atoms with Crippen molar-refractivity contribution in [3.63, 3.8) is 0 Å². The molecule has 0 aliphatic carbocycles. The minimum absolute atomic E-state index is 0.478. The second-order valence-corrected chi connectivity index (χ2v) is 5.44. The third-order valence-electron chi connectivity index (χ3n) is 3.92. The van der Waals surface area contributed by atoms with Crippen molar-refractivity contribution in [3.05, 3.63) is 29.8 Å². The summed E-state index contributed by atoms with van der Waals surface area (Å²) >= 11 is 0. The van der Waals surface area contributed by atoms with Crippen LogP contribution in [-0.2, 0) is 0 Å². The minimum Gasteiger partial charge on any atom is -0.494 e. The molecule has 0 saturated carbocycles. The quantitative estimate of drug-likeness (QED) is 0.856. The number of aryl methyl sites for hydroxylation is 1. The fourth-order valence-electron chi connectivity index (χ4n) is 2.68. The smallest absolute Gasteiger partial charge is 0.119 e. The molecule has 2 rings (SSSR count). The van der Waals surface area contributed by atoms with Gasteiger partial charge in [0.1, 0.15) is 5.75 Å². The second-order valence-electron chi connectivity index (χ2n) is 5.44. The summed E-state index contributed by atoms with van der Waals surface area (Å²) in [7, 11) is 0. The summed E-state index contributed by atoms with van der Waals surface area (Å²) in [6.45, 7) is 5.97. The average molecular weight is 262 g/mol. The van der Waals surface area contributed by atoms with Gasteiger partial charge >= 0.3 is 0 Å². The van der Waals surface area contributed by atoms with Crippen LogP contribution in [0.15, 0.2) is 24.3 Å². The zero-order valence-corrected chi connectivity index (χ0v) is 12.0. The Balaban J connectivity index is 1.74. The fraction of sp³-hybridized carbons (Fsp3) is 0.625. The van der Waals surface area contributed by atoms with Gasteiger partial charge in [0.15, 0.2) is 0 Å². The van der Waals surface area contributed by atoms with Gasteiger partial charge in [-0.15, -0.1) is 0 Å². The van der Waals surface area contributed by atoms with Crippen molar-refractivity contribution in [2.24, 2.45) is 5.73 Å². The summed E-state index contributed by atoms with van der Waals surface area (Å²) in [5.41, 5.74) is 7.17. The van der Waals surface area contributed by atoms with Gasteiger partial charge in [0, 0.05) is 12.6 Å². The third-order valence-corrected chi connectivity index (χ3v) is 3.92. The van der Waals surface area contributed by atoms with Crippen LogP contribution < -0.4 is 10.5 Å². The Morgan fingerprint density at radius 3 is 2.47 bits per heavy atom. The maximum atomic E-state index is 5.91. The van der Waals surface area contributed by atoms with E-state index in [0.29, 0.717) is 6.04 Å². The minimum atomic E-state index is 0.478. The lowest BCUT2D eigenvalue weighted by Crippen LogP contribution is -2.44. The van der Waals surface area contributed by atoms with E-state index in [1.807, 2.05) is 12.1 Å². The molecule has 1 aromatic carbocycles. The van der Waals surface area contributed by atoms with E-state index in [1.54, 1.807) is 0 Å². The molecule has 3 nitrogen and oxygen atoms in total. The highest BCUT2D eigenvalue weighted by Gasteiger charge is 2.19. The first kappa shape index (κ1) is 14.4. The molecular formula is C16H26N2O. The number of nitrogens with zero attached hydrogens (tertiary/aromatic N) is 1. The van der Waals surface area contributed by atoms with E-state index in [0.717, 1.165) is 25.3 Å². The van der Waals surface area contributed by atoms with Crippen molar-refractivity contribution in [2.45, 2.75) is 38.6 Å². The number of nitrogens with two attached hydrogens (primary N) is 1. The van der Waals surface area contributed by atoms with Crippen LogP contribution in [0.1, 0.15) is 31.2 Å². The number of rotatable bonds is 6. The molecule has 0 radical (unpaired) electrons. The van der Waals surface area contributed by atoms with Gasteiger partial charge in [-0.1, -0.05) is 24.1 Å². The lowest BCUT2D eigenvalue weighted by atomic mass is 10.1. The van der Waals surface area contributed by atoms with E-state index in [9.17, 15) is 0 Å². The van der Waals surface area contributed by atoms with Crippen molar-refractivity contribution in [1.82, 2.24) is 4.90 Å². The molecule has 0 bridgehead atoms. The van der Waals surface area contributed by atoms with E-state index in [-0.39, 0.29) is 0 Å². The molecular weight excluding hydrogens is 236 g/mol. The zero-order valence-electron chi connectivity index (χ0n) is 12.0. The summed E-state index contributed by atoms with van der Waals surface area (Å²) in [6.07, 6.45) is 5.02. The molecule has 1 atom stereocenters. The summed E-state index contributed by atoms with van der Waals surface area (Å²) in [5, 5.41) is 0. The Morgan fingerprint density at radius 1 is 1.16 bits per heavy atom. The summed E-state index contributed by atoms with van der Waals surface area (Å²) in [5.74, 6) is 0.958. The van der Waals surface area contributed by atoms with E-state index < -0.39 is 0 Å². The van der Waals surface area contributed by atoms with Gasteiger partial charge in [0.25, 0.3) is 0 Å². The summed E-state index contributed by atoms with van der Waals surface area (Å²) in [4.78, 5) is 2.53. The molecule has 0 spiro atoms. The van der Waals surface area contributed by atoms with Gasteiger partial charge < -0.3 is 10.5 Å². The monoisotopic (exact) mass is 262 g/mol. The molecule has 1 aliphatic rings. The van der Waals surface area contributed by atoms with Crippen LogP contribution in [0.25, 0.3) is 0 Å². The molecule has 1 aromatic rings. The SMILES string of the molecule is Cc1ccc(OCCC(CN)N2CCCCC2)cc1. The Labute approximate surface area is 116 Å². The molecule has 0 amide bonds. The molecule has 1 saturated heterocycles. The summed E-state index contributed by atoms with van der Waals surface area (Å²) < 4.78 is 5.80. The van der Waals surface area contributed by atoms with Crippen molar-refractivity contribution < 1.29 is 4.74 Å². The van der Waals surface area contributed by atoms with Crippen LogP contribution in [-0.4, -0.2) is 37.2 Å². The number of benzene rings is 1. The molecule has 1 unspecified atom stereocenters. The number of hydrogen-bond donors (Lipinski definition) is 1. The van der Waals surface area contributed by atoms with Crippen LogP contribution in [0.5, 0.6) is 5.75 Å². The van der Waals surface area contributed by atoms with E-state index in [1.165, 1.54) is 37.9 Å². The molecule has 3 heteroatoms. The molecule has 19 heavy (non-hydrogen) atoms. The standard InChI is InChI=1S/C16H26N2O/c1-14-5-7-16(8-6-14)19-12-9-15(13-17)18-10-3-2-4-11-18/h5-8,15H,2-4,9-13,17H2,1H3. The fourth-order valence-corrected chi connectivity index (χ4v) is 2.68. The third kappa shape index (κ3) is 4.51. The van der Waals surface area contributed by atoms with E-state index >= 15 is 0 Å². The second kappa shape index (κ2) is 7.51. The van der Waals surface area contributed by atoms with Crippen molar-refractivity contribution in [3.8, 4) is 5.75 Å². The highest BCUT2D eigenvalue weighted by molar-refractivity contribution is 5.26. The molecule has 1 fully saturated rings. The number of piperidine rings is 1. The highest BCUT2D eigenvalue weighted by atomic mass is 16.5. The molecule has 2 N–H and O–H groups in total. The zero-order chi connectivity index (χ0) is 13.5. The van der Waals surface area contributed by atoms with Crippen LogP contribution in [0.3, 0.4) is 0 Å². The Bertz CT molecular complexity index is 358. The first-order valence-corrected chi connectivity index (χ1v) is 7.43. The van der Waals surface area contributed by atoms with Crippen molar-refractivity contribution in [2.75, 3.05) is 26.2 Å². The van der Waals surface area contributed by atoms with Gasteiger partial charge in [-0.2, -0.15) is 0 Å². The predicted octanol–water partition coefficient (Wildman–Crippen LogP) is 2.58. The normalized spacial score (nSPS) is 18.2. The Kier molecular flexibility index (Phi) is 5.67. The lowest BCUT2D eigenvalue weighted by molar-refractivity contribution is 0.142. The average Bonchev–Trinajstić information content (AvgIpc) is 2.46. The molecule has 1 aliphatic heterocycles. The van der Waals surface area contributed by atoms with Gasteiger partial charge in [0.05, 0.1) is 6.61 Å². The predicted molar refractivity (Wildman–Crippen MR) is 79.6 cm³/mol. The molecule has 1 heterocycles. The molecule has 106 valence electrons. The maximum absolute atomic E-state index is 5.91. The maximum Gasteiger partial charge on any atom is 0.119 e. The summed E-state index contributed by atoms with van der Waals surface area (Å²) in [6, 6.07) is 8.72. The number of likely N-dealkylation sites (tertiary alicyclic amines) is 1. The Hall–Kier alpha value is -1.06. The van der Waals surface area contributed by atoms with Crippen LogP contribution >= 0.6 is 0 Å². The Morgan fingerprint density at radius 2 is 1.84 bits per heavy atom. The van der Waals surface area contributed by atoms with Crippen molar-refractivity contribution in [1.29, 1.82) is 0 Å². The van der Waals surface area contributed by atoms with Crippen LogP contribution in [0.4, 0.5) is 0 Å². The van der Waals surface area contributed by atoms with Gasteiger partial charge in [-0.3, -0.25) is 4.90 Å². The van der Waals surface area contributed by atoms with Crippen LogP contribution in [0, 0.1) is 6.92 Å². The van der Waals surface area contributed by atoms with Crippen LogP contribution in [0.2, 0.25) is 0 Å². The highest BCUT2D eigenvalue weighted by Crippen LogP contribution is 2.15. The van der Waals surface area contributed by atoms with E-state index in [2.05, 4.69) is 24.0 Å².